The fourth-order valence-electron chi connectivity index (χ4n) is 4.22. The van der Waals surface area contributed by atoms with Crippen molar-refractivity contribution in [3.63, 3.8) is 0 Å². The maximum Gasteiger partial charge on any atom is 0.217 e. The van der Waals surface area contributed by atoms with Crippen molar-refractivity contribution < 1.29 is 23.5 Å². The van der Waals surface area contributed by atoms with Crippen LogP contribution in [-0.2, 0) is 4.79 Å². The van der Waals surface area contributed by atoms with Crippen LogP contribution in [0.4, 0.5) is 4.39 Å². The van der Waals surface area contributed by atoms with Crippen molar-refractivity contribution in [3.8, 4) is 11.5 Å². The Hall–Kier alpha value is -2.93. The van der Waals surface area contributed by atoms with Gasteiger partial charge in [-0.05, 0) is 99.6 Å². The van der Waals surface area contributed by atoms with Gasteiger partial charge in [0.1, 0.15) is 5.75 Å². The first-order chi connectivity index (χ1) is 17.3. The Balaban J connectivity index is 0.000000254. The van der Waals surface area contributed by atoms with Crippen LogP contribution in [0.2, 0.25) is 0 Å². The zero-order valence-electron chi connectivity index (χ0n) is 21.9. The third kappa shape index (κ3) is 10.4. The number of carbonyl (C=O) groups is 2. The number of benzene rings is 2. The summed E-state index contributed by atoms with van der Waals surface area (Å²) in [5, 5.41) is 0. The second kappa shape index (κ2) is 15.9. The number of hydrogen-bond acceptors (Lipinski definition) is 5. The lowest BCUT2D eigenvalue weighted by Gasteiger charge is -2.18. The third-order valence-corrected chi connectivity index (χ3v) is 6.56. The quantitative estimate of drug-likeness (QED) is 0.280. The molecule has 1 unspecified atom stereocenters. The number of carbonyl (C=O) groups excluding carboxylic acids is 2. The summed E-state index contributed by atoms with van der Waals surface area (Å²) >= 11 is 0. The molecule has 1 saturated heterocycles. The van der Waals surface area contributed by atoms with E-state index in [1.54, 1.807) is 43.5 Å². The molecule has 2 N–H and O–H groups in total. The van der Waals surface area contributed by atoms with Crippen molar-refractivity contribution in [2.75, 3.05) is 33.9 Å². The first kappa shape index (κ1) is 29.3. The van der Waals surface area contributed by atoms with Gasteiger partial charge >= 0.3 is 0 Å². The average molecular weight is 501 g/mol. The lowest BCUT2D eigenvalue weighted by Crippen LogP contribution is -2.21. The van der Waals surface area contributed by atoms with Crippen LogP contribution in [0.5, 0.6) is 11.5 Å². The monoisotopic (exact) mass is 500 g/mol. The molecule has 7 heteroatoms. The molecular weight excluding hydrogens is 459 g/mol. The molecule has 0 aliphatic carbocycles. The minimum absolute atomic E-state index is 0.122. The Morgan fingerprint density at radius 2 is 1.64 bits per heavy atom. The number of ether oxygens (including phenoxy) is 2. The van der Waals surface area contributed by atoms with Crippen molar-refractivity contribution in [1.29, 1.82) is 0 Å². The molecule has 0 radical (unpaired) electrons. The van der Waals surface area contributed by atoms with E-state index in [2.05, 4.69) is 11.8 Å². The van der Waals surface area contributed by atoms with Gasteiger partial charge in [0.05, 0.1) is 14.2 Å². The van der Waals surface area contributed by atoms with E-state index >= 15 is 0 Å². The summed E-state index contributed by atoms with van der Waals surface area (Å²) < 4.78 is 23.6. The summed E-state index contributed by atoms with van der Waals surface area (Å²) in [6.45, 7) is 5.74. The Morgan fingerprint density at radius 1 is 0.972 bits per heavy atom. The molecular formula is C29H41FN2O4. The van der Waals surface area contributed by atoms with Gasteiger partial charge in [0.25, 0.3) is 0 Å². The topological polar surface area (TPSA) is 81.9 Å². The van der Waals surface area contributed by atoms with E-state index in [0.717, 1.165) is 43.5 Å². The van der Waals surface area contributed by atoms with Crippen LogP contribution >= 0.6 is 0 Å². The van der Waals surface area contributed by atoms with Crippen molar-refractivity contribution in [3.05, 3.63) is 59.4 Å². The Morgan fingerprint density at radius 3 is 2.22 bits per heavy atom. The summed E-state index contributed by atoms with van der Waals surface area (Å²) in [5.41, 5.74) is 6.80. The number of nitrogens with two attached hydrogens (primary N) is 1. The van der Waals surface area contributed by atoms with E-state index in [4.69, 9.17) is 15.2 Å². The van der Waals surface area contributed by atoms with Gasteiger partial charge in [0.15, 0.2) is 17.3 Å². The van der Waals surface area contributed by atoms with Crippen LogP contribution in [0.15, 0.2) is 42.5 Å². The second-order valence-electron chi connectivity index (χ2n) is 9.31. The fraction of sp³-hybridized carbons (Fsp3) is 0.517. The van der Waals surface area contributed by atoms with Gasteiger partial charge in [0.2, 0.25) is 5.91 Å². The van der Waals surface area contributed by atoms with Crippen LogP contribution in [0.25, 0.3) is 0 Å². The van der Waals surface area contributed by atoms with E-state index in [0.29, 0.717) is 30.1 Å². The first-order valence-electron chi connectivity index (χ1n) is 12.9. The Kier molecular flexibility index (Phi) is 13.0. The molecule has 1 heterocycles. The lowest BCUT2D eigenvalue weighted by atomic mass is 9.97. The molecule has 6 nitrogen and oxygen atoms in total. The fourth-order valence-corrected chi connectivity index (χ4v) is 4.22. The molecule has 3 rings (SSSR count). The number of amides is 1. The van der Waals surface area contributed by atoms with Crippen molar-refractivity contribution >= 4 is 11.7 Å². The highest BCUT2D eigenvalue weighted by Crippen LogP contribution is 2.25. The molecule has 1 aliphatic heterocycles. The number of primary amides is 1. The zero-order valence-corrected chi connectivity index (χ0v) is 21.9. The molecule has 1 amide bonds. The summed E-state index contributed by atoms with van der Waals surface area (Å²) in [6.07, 6.45) is 7.04. The number of Topliss-reactive ketones (excluding diaryl/α,β-unsaturated/α-hetero) is 1. The standard InChI is InChI=1S/C15H22FNO.C14H19NO3/c1-12(7-10-17-8-3-4-9-17)13-5-6-15(18-2)14(16)11-13;1-18-12-9-7-11(8-10-12)13(16)5-3-2-4-6-14(15)17/h5-6,11-12H,3-4,7-10H2,1-2H3;7-10H,2-6H2,1H3,(H2,15,17). The number of rotatable bonds is 13. The van der Waals surface area contributed by atoms with Crippen LogP contribution < -0.4 is 15.2 Å². The van der Waals surface area contributed by atoms with E-state index in [-0.39, 0.29) is 17.5 Å². The van der Waals surface area contributed by atoms with Gasteiger partial charge in [0, 0.05) is 18.4 Å². The van der Waals surface area contributed by atoms with Gasteiger partial charge in [-0.15, -0.1) is 0 Å². The van der Waals surface area contributed by atoms with E-state index in [1.165, 1.54) is 33.0 Å². The molecule has 0 spiro atoms. The minimum atomic E-state index is -0.281. The number of unbranched alkanes of at least 4 members (excludes halogenated alkanes) is 2. The van der Waals surface area contributed by atoms with Crippen LogP contribution in [0.3, 0.4) is 0 Å². The lowest BCUT2D eigenvalue weighted by molar-refractivity contribution is -0.118. The van der Waals surface area contributed by atoms with Crippen LogP contribution in [0.1, 0.15) is 80.1 Å². The predicted octanol–water partition coefficient (Wildman–Crippen LogP) is 5.74. The summed E-state index contributed by atoms with van der Waals surface area (Å²) in [6, 6.07) is 12.4. The van der Waals surface area contributed by atoms with Gasteiger partial charge < -0.3 is 20.1 Å². The average Bonchev–Trinajstić information content (AvgIpc) is 3.41. The molecule has 1 atom stereocenters. The van der Waals surface area contributed by atoms with Crippen LogP contribution in [0, 0.1) is 5.82 Å². The highest BCUT2D eigenvalue weighted by atomic mass is 19.1. The minimum Gasteiger partial charge on any atom is -0.497 e. The maximum atomic E-state index is 13.6. The number of methoxy groups -OCH3 is 2. The first-order valence-corrected chi connectivity index (χ1v) is 12.9. The van der Waals surface area contributed by atoms with Gasteiger partial charge in [-0.1, -0.05) is 19.4 Å². The summed E-state index contributed by atoms with van der Waals surface area (Å²) in [7, 11) is 3.09. The smallest absolute Gasteiger partial charge is 0.217 e. The number of ketones is 1. The molecule has 198 valence electrons. The summed E-state index contributed by atoms with van der Waals surface area (Å²) in [4.78, 5) is 24.8. The van der Waals surface area contributed by atoms with Gasteiger partial charge in [-0.3, -0.25) is 9.59 Å². The highest BCUT2D eigenvalue weighted by Gasteiger charge is 2.14. The van der Waals surface area contributed by atoms with Crippen molar-refractivity contribution in [2.24, 2.45) is 5.73 Å². The number of halogens is 1. The molecule has 0 saturated carbocycles. The Labute approximate surface area is 215 Å². The number of likely N-dealkylation sites (tertiary alicyclic amines) is 1. The molecule has 36 heavy (non-hydrogen) atoms. The molecule has 1 fully saturated rings. The maximum absolute atomic E-state index is 13.6. The molecule has 0 bridgehead atoms. The van der Waals surface area contributed by atoms with E-state index in [9.17, 15) is 14.0 Å². The van der Waals surface area contributed by atoms with E-state index < -0.39 is 0 Å². The van der Waals surface area contributed by atoms with Gasteiger partial charge in [-0.2, -0.15) is 0 Å². The molecule has 1 aliphatic rings. The Bertz CT molecular complexity index is 943. The second-order valence-corrected chi connectivity index (χ2v) is 9.31. The van der Waals surface area contributed by atoms with Gasteiger partial charge in [-0.25, -0.2) is 4.39 Å². The summed E-state index contributed by atoms with van der Waals surface area (Å²) in [5.74, 6) is 1.04. The van der Waals surface area contributed by atoms with E-state index in [1.807, 2.05) is 6.07 Å². The third-order valence-electron chi connectivity index (χ3n) is 6.56. The van der Waals surface area contributed by atoms with Crippen molar-refractivity contribution in [2.45, 2.75) is 64.2 Å². The highest BCUT2D eigenvalue weighted by molar-refractivity contribution is 5.96. The molecule has 2 aromatic rings. The zero-order chi connectivity index (χ0) is 26.3. The predicted molar refractivity (Wildman–Crippen MR) is 141 cm³/mol. The van der Waals surface area contributed by atoms with Crippen molar-refractivity contribution in [1.82, 2.24) is 4.90 Å². The number of nitrogens with zero attached hydrogens (tertiary/aromatic N) is 1. The SMILES string of the molecule is COc1ccc(C(=O)CCCCCC(N)=O)cc1.COc1ccc(C(C)CCN2CCCC2)cc1F. The largest absolute Gasteiger partial charge is 0.497 e. The molecule has 2 aromatic carbocycles. The molecule has 0 aromatic heterocycles. The number of hydrogen-bond donors (Lipinski definition) is 1. The van der Waals surface area contributed by atoms with Crippen LogP contribution in [-0.4, -0.2) is 50.4 Å². The normalized spacial score (nSPS) is 14.0.